The number of hydrogen-bond donors (Lipinski definition) is 2. The zero-order valence-electron chi connectivity index (χ0n) is 18.5. The van der Waals surface area contributed by atoms with Crippen LogP contribution in [0, 0.1) is 0 Å². The molecule has 1 saturated heterocycles. The van der Waals surface area contributed by atoms with Crippen LogP contribution in [-0.4, -0.2) is 41.4 Å². The van der Waals surface area contributed by atoms with E-state index in [9.17, 15) is 5.11 Å². The Morgan fingerprint density at radius 1 is 1.16 bits per heavy atom. The highest BCUT2D eigenvalue weighted by atomic mass is 32.2. The van der Waals surface area contributed by atoms with Gasteiger partial charge >= 0.3 is 0 Å². The van der Waals surface area contributed by atoms with Gasteiger partial charge in [-0.15, -0.1) is 0 Å². The van der Waals surface area contributed by atoms with Crippen molar-refractivity contribution >= 4 is 21.5 Å². The van der Waals surface area contributed by atoms with Crippen LogP contribution in [0.15, 0.2) is 36.4 Å². The molecule has 4 atom stereocenters. The van der Waals surface area contributed by atoms with Crippen LogP contribution in [0.5, 0.6) is 5.75 Å². The minimum absolute atomic E-state index is 0.0331. The highest BCUT2D eigenvalue weighted by Crippen LogP contribution is 2.44. The third-order valence-corrected chi connectivity index (χ3v) is 8.60. The summed E-state index contributed by atoms with van der Waals surface area (Å²) < 4.78 is 12.2. The van der Waals surface area contributed by atoms with Crippen LogP contribution in [0.3, 0.4) is 0 Å². The lowest BCUT2D eigenvalue weighted by atomic mass is 9.91. The number of rotatable bonds is 5. The highest BCUT2D eigenvalue weighted by molar-refractivity contribution is 8.14. The van der Waals surface area contributed by atoms with Gasteiger partial charge in [-0.05, 0) is 72.7 Å². The average molecular weight is 440 g/mol. The summed E-state index contributed by atoms with van der Waals surface area (Å²) in [6, 6.07) is 13.4. The molecule has 2 aliphatic heterocycles. The second-order valence-corrected chi connectivity index (χ2v) is 11.2. The van der Waals surface area contributed by atoms with Gasteiger partial charge in [-0.2, -0.15) is 10.5 Å². The summed E-state index contributed by atoms with van der Waals surface area (Å²) in [7, 11) is 0.0553. The molecule has 2 aromatic rings. The summed E-state index contributed by atoms with van der Waals surface area (Å²) in [5, 5.41) is 16.2. The Bertz CT molecular complexity index is 985. The Balaban J connectivity index is 1.43. The fourth-order valence-electron chi connectivity index (χ4n) is 4.76. The zero-order valence-corrected chi connectivity index (χ0v) is 19.3. The third-order valence-electron chi connectivity index (χ3n) is 6.72. The van der Waals surface area contributed by atoms with E-state index in [2.05, 4.69) is 60.3 Å². The molecule has 3 aliphatic rings. The van der Waals surface area contributed by atoms with Gasteiger partial charge in [0.25, 0.3) is 0 Å². The quantitative estimate of drug-likeness (QED) is 0.627. The van der Waals surface area contributed by atoms with E-state index in [1.165, 1.54) is 35.1 Å². The standard InChI is InChI=1S/C26H33NO3S/c1-3-31(2)26-16-21(28)15-25(30-26)19-7-8-22(18-5-6-18)20(14-19)12-17-4-9-24-23(13-17)27-10-11-29-24/h3-4,7-9,13-14,18,21,25-28H,5-6,10-12,15-16H2,1-2H3. The molecule has 2 aromatic carbocycles. The monoisotopic (exact) mass is 439 g/mol. The summed E-state index contributed by atoms with van der Waals surface area (Å²) in [6.07, 6.45) is 6.78. The molecule has 0 aromatic heterocycles. The molecule has 5 heteroatoms. The number of nitrogens with one attached hydrogen (secondary N) is 1. The van der Waals surface area contributed by atoms with Crippen molar-refractivity contribution in [1.29, 1.82) is 0 Å². The maximum Gasteiger partial charge on any atom is 0.142 e. The SMILES string of the molecule is CC=S(C)C1CC(O)CC(c2ccc(C3CC3)c(Cc3ccc4c(c3)NCCO4)c2)O1. The van der Waals surface area contributed by atoms with Gasteiger partial charge in [0.05, 0.1) is 17.9 Å². The van der Waals surface area contributed by atoms with Crippen LogP contribution < -0.4 is 10.1 Å². The lowest BCUT2D eigenvalue weighted by Crippen LogP contribution is -2.30. The van der Waals surface area contributed by atoms with Crippen LogP contribution in [0.25, 0.3) is 0 Å². The number of anilines is 1. The van der Waals surface area contributed by atoms with Gasteiger partial charge in [-0.3, -0.25) is 0 Å². The van der Waals surface area contributed by atoms with Crippen molar-refractivity contribution < 1.29 is 14.6 Å². The van der Waals surface area contributed by atoms with Crippen LogP contribution in [-0.2, 0) is 11.2 Å². The molecule has 0 bridgehead atoms. The van der Waals surface area contributed by atoms with Crippen molar-refractivity contribution in [3.8, 4) is 5.75 Å². The van der Waals surface area contributed by atoms with E-state index < -0.39 is 0 Å². The maximum absolute atomic E-state index is 10.5. The molecule has 0 spiro atoms. The van der Waals surface area contributed by atoms with Gasteiger partial charge in [-0.1, -0.05) is 29.6 Å². The molecule has 166 valence electrons. The number of fused-ring (bicyclic) bond motifs is 1. The highest BCUT2D eigenvalue weighted by Gasteiger charge is 2.31. The minimum Gasteiger partial charge on any atom is -0.490 e. The molecule has 31 heavy (non-hydrogen) atoms. The molecule has 4 unspecified atom stereocenters. The predicted octanol–water partition coefficient (Wildman–Crippen LogP) is 5.22. The Labute approximate surface area is 187 Å². The largest absolute Gasteiger partial charge is 0.490 e. The van der Waals surface area contributed by atoms with Gasteiger partial charge in [0.15, 0.2) is 0 Å². The Morgan fingerprint density at radius 3 is 2.84 bits per heavy atom. The first-order chi connectivity index (χ1) is 15.1. The maximum atomic E-state index is 10.5. The minimum atomic E-state index is -0.295. The topological polar surface area (TPSA) is 50.7 Å². The first kappa shape index (κ1) is 21.0. The van der Waals surface area contributed by atoms with Crippen molar-refractivity contribution in [2.45, 2.75) is 62.6 Å². The fraction of sp³-hybridized carbons (Fsp3) is 0.500. The molecule has 2 heterocycles. The van der Waals surface area contributed by atoms with Crippen molar-refractivity contribution in [2.75, 3.05) is 24.7 Å². The van der Waals surface area contributed by atoms with Gasteiger partial charge in [0.2, 0.25) is 0 Å². The summed E-state index contributed by atoms with van der Waals surface area (Å²) in [5.41, 5.74) is 6.59. The predicted molar refractivity (Wildman–Crippen MR) is 130 cm³/mol. The molecule has 5 rings (SSSR count). The van der Waals surface area contributed by atoms with Gasteiger partial charge in [0, 0.05) is 19.4 Å². The molecule has 2 fully saturated rings. The van der Waals surface area contributed by atoms with E-state index in [-0.39, 0.29) is 28.1 Å². The first-order valence-electron chi connectivity index (χ1n) is 11.5. The molecule has 2 N–H and O–H groups in total. The fourth-order valence-corrected chi connectivity index (χ4v) is 5.89. The molecule has 1 aliphatic carbocycles. The molecular weight excluding hydrogens is 406 g/mol. The van der Waals surface area contributed by atoms with E-state index in [0.717, 1.165) is 37.4 Å². The second-order valence-electron chi connectivity index (χ2n) is 9.04. The van der Waals surface area contributed by atoms with Crippen molar-refractivity contribution in [3.05, 3.63) is 58.7 Å². The van der Waals surface area contributed by atoms with Crippen LogP contribution in [0.4, 0.5) is 5.69 Å². The van der Waals surface area contributed by atoms with E-state index in [0.29, 0.717) is 12.3 Å². The number of benzene rings is 2. The molecule has 0 radical (unpaired) electrons. The van der Waals surface area contributed by atoms with E-state index >= 15 is 0 Å². The lowest BCUT2D eigenvalue weighted by Gasteiger charge is -2.34. The lowest BCUT2D eigenvalue weighted by molar-refractivity contribution is -0.0607. The number of aliphatic hydroxyl groups excluding tert-OH is 1. The molecule has 1 saturated carbocycles. The summed E-state index contributed by atoms with van der Waals surface area (Å²) in [4.78, 5) is 0. The Morgan fingerprint density at radius 2 is 2.03 bits per heavy atom. The van der Waals surface area contributed by atoms with Crippen LogP contribution >= 0.6 is 10.5 Å². The van der Waals surface area contributed by atoms with Gasteiger partial charge < -0.3 is 19.9 Å². The van der Waals surface area contributed by atoms with Crippen molar-refractivity contribution in [2.24, 2.45) is 0 Å². The van der Waals surface area contributed by atoms with E-state index in [1.807, 2.05) is 0 Å². The zero-order chi connectivity index (χ0) is 21.4. The number of aliphatic hydroxyl groups is 1. The summed E-state index contributed by atoms with van der Waals surface area (Å²) >= 11 is 0. The van der Waals surface area contributed by atoms with E-state index in [1.54, 1.807) is 0 Å². The average Bonchev–Trinajstić information content (AvgIpc) is 3.63. The normalized spacial score (nSPS) is 26.6. The molecular formula is C26H33NO3S. The van der Waals surface area contributed by atoms with Crippen LogP contribution in [0.1, 0.15) is 66.9 Å². The van der Waals surface area contributed by atoms with E-state index in [4.69, 9.17) is 9.47 Å². The molecule has 0 amide bonds. The van der Waals surface area contributed by atoms with Gasteiger partial charge in [-0.25, -0.2) is 0 Å². The number of hydrogen-bond acceptors (Lipinski definition) is 4. The van der Waals surface area contributed by atoms with Crippen LogP contribution in [0.2, 0.25) is 0 Å². The summed E-state index contributed by atoms with van der Waals surface area (Å²) in [5.74, 6) is 1.65. The molecule has 4 nitrogen and oxygen atoms in total. The smallest absolute Gasteiger partial charge is 0.142 e. The van der Waals surface area contributed by atoms with Crippen molar-refractivity contribution in [3.63, 3.8) is 0 Å². The second kappa shape index (κ2) is 8.97. The number of ether oxygens (including phenoxy) is 2. The van der Waals surface area contributed by atoms with Crippen molar-refractivity contribution in [1.82, 2.24) is 0 Å². The third kappa shape index (κ3) is 4.69. The first-order valence-corrected chi connectivity index (χ1v) is 13.3. The summed E-state index contributed by atoms with van der Waals surface area (Å²) in [6.45, 7) is 3.67. The van der Waals surface area contributed by atoms with Gasteiger partial charge in [0.1, 0.15) is 17.8 Å². The Hall–Kier alpha value is -1.82. The Kier molecular flexibility index (Phi) is 6.09.